The van der Waals surface area contributed by atoms with E-state index in [4.69, 9.17) is 14.5 Å². The molecule has 3 aromatic carbocycles. The summed E-state index contributed by atoms with van der Waals surface area (Å²) >= 11 is 0. The number of hydrogen-bond acceptors (Lipinski definition) is 4. The summed E-state index contributed by atoms with van der Waals surface area (Å²) in [5.74, 6) is 2.69. The number of nitrogens with zero attached hydrogens (tertiary/aromatic N) is 2. The van der Waals surface area contributed by atoms with Gasteiger partial charge in [0.25, 0.3) is 5.91 Å². The van der Waals surface area contributed by atoms with Crippen LogP contribution < -0.4 is 14.8 Å². The quantitative estimate of drug-likeness (QED) is 0.254. The molecule has 0 saturated heterocycles. The molecule has 1 amide bonds. The van der Waals surface area contributed by atoms with Crippen molar-refractivity contribution < 1.29 is 14.3 Å². The van der Waals surface area contributed by atoms with Crippen LogP contribution in [0, 0.1) is 13.8 Å². The van der Waals surface area contributed by atoms with Crippen LogP contribution in [0.4, 0.5) is 0 Å². The van der Waals surface area contributed by atoms with E-state index in [0.29, 0.717) is 18.7 Å². The second kappa shape index (κ2) is 12.2. The number of aromatic nitrogens is 2. The third-order valence-corrected chi connectivity index (χ3v) is 6.23. The number of amides is 1. The Hall–Kier alpha value is -3.80. The highest BCUT2D eigenvalue weighted by atomic mass is 16.5. The summed E-state index contributed by atoms with van der Waals surface area (Å²) in [4.78, 5) is 17.2. The van der Waals surface area contributed by atoms with Crippen molar-refractivity contribution in [1.82, 2.24) is 14.9 Å². The second-order valence-electron chi connectivity index (χ2n) is 9.14. The molecule has 0 aliphatic heterocycles. The van der Waals surface area contributed by atoms with Crippen LogP contribution in [0.25, 0.3) is 11.0 Å². The molecule has 0 bridgehead atoms. The summed E-state index contributed by atoms with van der Waals surface area (Å²) in [7, 11) is 1.62. The van der Waals surface area contributed by atoms with Crippen LogP contribution in [-0.4, -0.2) is 35.7 Å². The fourth-order valence-corrected chi connectivity index (χ4v) is 4.47. The second-order valence-corrected chi connectivity index (χ2v) is 9.14. The number of benzene rings is 3. The average molecular weight is 486 g/mol. The van der Waals surface area contributed by atoms with Crippen LogP contribution in [0.1, 0.15) is 46.6 Å². The van der Waals surface area contributed by atoms with Crippen LogP contribution in [-0.2, 0) is 13.0 Å². The van der Waals surface area contributed by atoms with Gasteiger partial charge in [0.2, 0.25) is 0 Å². The maximum absolute atomic E-state index is 12.3. The van der Waals surface area contributed by atoms with Gasteiger partial charge in [-0.15, -0.1) is 0 Å². The minimum atomic E-state index is -0.0525. The summed E-state index contributed by atoms with van der Waals surface area (Å²) in [5, 5.41) is 3.00. The van der Waals surface area contributed by atoms with E-state index in [1.165, 1.54) is 11.1 Å². The monoisotopic (exact) mass is 485 g/mol. The van der Waals surface area contributed by atoms with E-state index >= 15 is 0 Å². The van der Waals surface area contributed by atoms with Crippen LogP contribution in [0.5, 0.6) is 11.5 Å². The standard InChI is InChI=1S/C30H35N3O3/c1-22-19-23(2)21-26(20-22)36-18-17-33-28-10-7-6-9-27(28)32-29(33)11-5-4-8-16-31-30(34)24-12-14-25(35-3)15-13-24/h6-7,9-10,12-15,19-21H,4-5,8,11,16-18H2,1-3H3,(H,31,34). The number of imidazole rings is 1. The molecule has 0 aliphatic carbocycles. The molecule has 0 spiro atoms. The normalized spacial score (nSPS) is 11.0. The Kier molecular flexibility index (Phi) is 8.61. The fourth-order valence-electron chi connectivity index (χ4n) is 4.47. The molecule has 0 atom stereocenters. The Morgan fingerprint density at radius 3 is 2.42 bits per heavy atom. The van der Waals surface area contributed by atoms with Gasteiger partial charge in [-0.25, -0.2) is 4.98 Å². The van der Waals surface area contributed by atoms with Crippen molar-refractivity contribution in [2.45, 2.75) is 46.1 Å². The third-order valence-electron chi connectivity index (χ3n) is 6.23. The molecule has 36 heavy (non-hydrogen) atoms. The van der Waals surface area contributed by atoms with E-state index < -0.39 is 0 Å². The number of methoxy groups -OCH3 is 1. The zero-order valence-corrected chi connectivity index (χ0v) is 21.4. The van der Waals surface area contributed by atoms with Crippen molar-refractivity contribution in [3.63, 3.8) is 0 Å². The van der Waals surface area contributed by atoms with Gasteiger partial charge in [-0.1, -0.05) is 24.6 Å². The molecule has 0 radical (unpaired) electrons. The van der Waals surface area contributed by atoms with E-state index in [2.05, 4.69) is 60.1 Å². The molecule has 0 aliphatic rings. The van der Waals surface area contributed by atoms with Crippen molar-refractivity contribution >= 4 is 16.9 Å². The first-order chi connectivity index (χ1) is 17.5. The molecular formula is C30H35N3O3. The summed E-state index contributed by atoms with van der Waals surface area (Å²) in [6.45, 7) is 6.18. The number of hydrogen-bond donors (Lipinski definition) is 1. The Balaban J connectivity index is 1.26. The van der Waals surface area contributed by atoms with Gasteiger partial charge in [0, 0.05) is 18.5 Å². The van der Waals surface area contributed by atoms with Crippen LogP contribution >= 0.6 is 0 Å². The van der Waals surface area contributed by atoms with Gasteiger partial charge in [-0.3, -0.25) is 4.79 Å². The van der Waals surface area contributed by atoms with E-state index in [9.17, 15) is 4.79 Å². The zero-order chi connectivity index (χ0) is 25.3. The van der Waals surface area contributed by atoms with Crippen LogP contribution in [0.2, 0.25) is 0 Å². The lowest BCUT2D eigenvalue weighted by molar-refractivity contribution is 0.0953. The summed E-state index contributed by atoms with van der Waals surface area (Å²) < 4.78 is 13.5. The van der Waals surface area contributed by atoms with Crippen LogP contribution in [0.3, 0.4) is 0 Å². The molecule has 1 heterocycles. The third kappa shape index (κ3) is 6.66. The Morgan fingerprint density at radius 2 is 1.67 bits per heavy atom. The molecule has 188 valence electrons. The molecule has 6 heteroatoms. The smallest absolute Gasteiger partial charge is 0.251 e. The lowest BCUT2D eigenvalue weighted by Crippen LogP contribution is -2.24. The summed E-state index contributed by atoms with van der Waals surface area (Å²) in [5.41, 5.74) is 5.22. The van der Waals surface area contributed by atoms with Gasteiger partial charge in [-0.05, 0) is 86.3 Å². The predicted octanol–water partition coefficient (Wildman–Crippen LogP) is 5.88. The Morgan fingerprint density at radius 1 is 0.917 bits per heavy atom. The van der Waals surface area contributed by atoms with E-state index in [1.807, 2.05) is 6.07 Å². The Bertz CT molecular complexity index is 1270. The van der Waals surface area contributed by atoms with Crippen LogP contribution in [0.15, 0.2) is 66.7 Å². The van der Waals surface area contributed by atoms with Gasteiger partial charge >= 0.3 is 0 Å². The van der Waals surface area contributed by atoms with Gasteiger partial charge in [0.05, 0.1) is 24.7 Å². The highest BCUT2D eigenvalue weighted by Crippen LogP contribution is 2.20. The number of unbranched alkanes of at least 4 members (excludes halogenated alkanes) is 2. The summed E-state index contributed by atoms with van der Waals surface area (Å²) in [6.07, 6.45) is 3.85. The lowest BCUT2D eigenvalue weighted by Gasteiger charge is -2.12. The lowest BCUT2D eigenvalue weighted by atomic mass is 10.1. The molecule has 6 nitrogen and oxygen atoms in total. The van der Waals surface area contributed by atoms with Gasteiger partial charge in [-0.2, -0.15) is 0 Å². The zero-order valence-electron chi connectivity index (χ0n) is 21.4. The van der Waals surface area contributed by atoms with Crippen molar-refractivity contribution in [2.24, 2.45) is 0 Å². The van der Waals surface area contributed by atoms with E-state index in [0.717, 1.165) is 60.6 Å². The first kappa shape index (κ1) is 25.3. The molecule has 0 unspecified atom stereocenters. The minimum Gasteiger partial charge on any atom is -0.497 e. The predicted molar refractivity (Wildman–Crippen MR) is 144 cm³/mol. The topological polar surface area (TPSA) is 65.4 Å². The minimum absolute atomic E-state index is 0.0525. The van der Waals surface area contributed by atoms with Crippen molar-refractivity contribution in [1.29, 1.82) is 0 Å². The first-order valence-corrected chi connectivity index (χ1v) is 12.6. The van der Waals surface area contributed by atoms with Crippen molar-refractivity contribution in [3.05, 3.63) is 89.2 Å². The first-order valence-electron chi connectivity index (χ1n) is 12.6. The summed E-state index contributed by atoms with van der Waals surface area (Å²) in [6, 6.07) is 21.7. The van der Waals surface area contributed by atoms with Gasteiger partial charge in [0.15, 0.2) is 0 Å². The number of para-hydroxylation sites is 2. The molecule has 1 aromatic heterocycles. The number of carbonyl (C=O) groups excluding carboxylic acids is 1. The highest BCUT2D eigenvalue weighted by Gasteiger charge is 2.11. The fraction of sp³-hybridized carbons (Fsp3) is 0.333. The maximum atomic E-state index is 12.3. The Labute approximate surface area is 213 Å². The number of fused-ring (bicyclic) bond motifs is 1. The number of nitrogens with one attached hydrogen (secondary N) is 1. The number of ether oxygens (including phenoxy) is 2. The number of carbonyl (C=O) groups is 1. The average Bonchev–Trinajstić information content (AvgIpc) is 3.23. The van der Waals surface area contributed by atoms with Gasteiger partial charge < -0.3 is 19.4 Å². The largest absolute Gasteiger partial charge is 0.497 e. The molecule has 0 fully saturated rings. The van der Waals surface area contributed by atoms with Crippen molar-refractivity contribution in [3.8, 4) is 11.5 Å². The molecule has 1 N–H and O–H groups in total. The molecule has 0 saturated carbocycles. The molecule has 4 rings (SSSR count). The maximum Gasteiger partial charge on any atom is 0.251 e. The van der Waals surface area contributed by atoms with E-state index in [-0.39, 0.29) is 5.91 Å². The number of aryl methyl sites for hydroxylation is 3. The van der Waals surface area contributed by atoms with E-state index in [1.54, 1.807) is 31.4 Å². The van der Waals surface area contributed by atoms with Gasteiger partial charge in [0.1, 0.15) is 23.9 Å². The highest BCUT2D eigenvalue weighted by molar-refractivity contribution is 5.94. The molecule has 4 aromatic rings. The molecular weight excluding hydrogens is 450 g/mol. The van der Waals surface area contributed by atoms with Crippen molar-refractivity contribution in [2.75, 3.05) is 20.3 Å². The SMILES string of the molecule is COc1ccc(C(=O)NCCCCCc2nc3ccccc3n2CCOc2cc(C)cc(C)c2)cc1. The number of rotatable bonds is 12.